The molecule has 0 aromatic rings. The van der Waals surface area contributed by atoms with Crippen molar-refractivity contribution >= 4 is 11.9 Å². The van der Waals surface area contributed by atoms with Crippen molar-refractivity contribution in [3.05, 3.63) is 12.2 Å². The quantitative estimate of drug-likeness (QED) is 0.0320. The zero-order valence-electron chi connectivity index (χ0n) is 51.1. The van der Waals surface area contributed by atoms with Gasteiger partial charge in [0.1, 0.15) is 0 Å². The van der Waals surface area contributed by atoms with Crippen molar-refractivity contribution in [2.45, 2.75) is 405 Å². The van der Waals surface area contributed by atoms with Gasteiger partial charge in [0.25, 0.3) is 0 Å². The third-order valence-corrected chi connectivity index (χ3v) is 16.3. The van der Waals surface area contributed by atoms with E-state index in [-0.39, 0.29) is 18.5 Å². The minimum atomic E-state index is -0.665. The summed E-state index contributed by atoms with van der Waals surface area (Å²) >= 11 is 0. The van der Waals surface area contributed by atoms with Crippen LogP contribution in [0.15, 0.2) is 12.2 Å². The first-order chi connectivity index (χ1) is 37.0. The van der Waals surface area contributed by atoms with Crippen molar-refractivity contribution in [1.29, 1.82) is 0 Å². The second-order valence-electron chi connectivity index (χ2n) is 23.9. The fourth-order valence-electron chi connectivity index (χ4n) is 11.1. The van der Waals surface area contributed by atoms with E-state index in [4.69, 9.17) is 4.74 Å². The normalized spacial score (nSPS) is 12.5. The van der Waals surface area contributed by atoms with Gasteiger partial charge in [-0.3, -0.25) is 9.59 Å². The second-order valence-corrected chi connectivity index (χ2v) is 23.9. The number of amides is 1. The molecule has 2 unspecified atom stereocenters. The van der Waals surface area contributed by atoms with Gasteiger partial charge in [-0.1, -0.05) is 341 Å². The molecule has 6 heteroatoms. The Kier molecular flexibility index (Phi) is 63.9. The molecule has 0 bridgehead atoms. The largest absolute Gasteiger partial charge is 0.466 e. The Morgan fingerprint density at radius 2 is 0.627 bits per heavy atom. The third-order valence-electron chi connectivity index (χ3n) is 16.3. The van der Waals surface area contributed by atoms with Crippen molar-refractivity contribution in [1.82, 2.24) is 5.32 Å². The summed E-state index contributed by atoms with van der Waals surface area (Å²) in [4.78, 5) is 24.6. The lowest BCUT2D eigenvalue weighted by molar-refractivity contribution is -0.143. The molecule has 2 atom stereocenters. The highest BCUT2D eigenvalue weighted by Gasteiger charge is 2.20. The molecule has 0 fully saturated rings. The Balaban J connectivity index is 3.37. The van der Waals surface area contributed by atoms with Gasteiger partial charge in [0, 0.05) is 12.8 Å². The van der Waals surface area contributed by atoms with Crippen LogP contribution in [-0.2, 0) is 14.3 Å². The van der Waals surface area contributed by atoms with Crippen LogP contribution in [0.3, 0.4) is 0 Å². The minimum absolute atomic E-state index is 0.0188. The highest BCUT2D eigenvalue weighted by molar-refractivity contribution is 5.76. The average Bonchev–Trinajstić information content (AvgIpc) is 3.41. The molecular weight excluding hydrogens is 923 g/mol. The van der Waals surface area contributed by atoms with Gasteiger partial charge in [0.2, 0.25) is 5.91 Å². The number of ether oxygens (including phenoxy) is 1. The number of nitrogens with one attached hydrogen (secondary N) is 1. The Hall–Kier alpha value is -1.40. The molecule has 0 saturated carbocycles. The lowest BCUT2D eigenvalue weighted by Crippen LogP contribution is -2.45. The first-order valence-corrected chi connectivity index (χ1v) is 34.4. The highest BCUT2D eigenvalue weighted by Crippen LogP contribution is 2.19. The van der Waals surface area contributed by atoms with E-state index in [2.05, 4.69) is 31.3 Å². The van der Waals surface area contributed by atoms with E-state index in [1.165, 1.54) is 321 Å². The number of hydrogen-bond acceptors (Lipinski definition) is 5. The van der Waals surface area contributed by atoms with Crippen molar-refractivity contribution < 1.29 is 24.5 Å². The van der Waals surface area contributed by atoms with Crippen molar-refractivity contribution in [2.75, 3.05) is 13.2 Å². The van der Waals surface area contributed by atoms with E-state index >= 15 is 0 Å². The number of allylic oxidation sites excluding steroid dienone is 2. The number of unbranched alkanes of at least 4 members (excludes halogenated alkanes) is 52. The molecule has 0 aliphatic heterocycles. The molecule has 0 radical (unpaired) electrons. The number of carbonyl (C=O) groups excluding carboxylic acids is 2. The molecule has 0 aromatic heterocycles. The Morgan fingerprint density at radius 1 is 0.360 bits per heavy atom. The number of hydrogen-bond donors (Lipinski definition) is 3. The van der Waals surface area contributed by atoms with Gasteiger partial charge in [-0.05, 0) is 51.4 Å². The van der Waals surface area contributed by atoms with Gasteiger partial charge in [0.05, 0.1) is 25.4 Å². The van der Waals surface area contributed by atoms with Crippen LogP contribution < -0.4 is 5.32 Å². The Labute approximate surface area is 469 Å². The van der Waals surface area contributed by atoms with Crippen molar-refractivity contribution in [3.8, 4) is 0 Å². The standard InChI is InChI=1S/C69H135NO5/c1-3-5-7-9-11-13-15-17-19-33-37-41-45-49-53-57-61-67(72)66(65-71)70-68(73)62-58-54-50-46-42-38-34-31-29-27-25-23-21-22-24-26-28-30-32-36-40-44-48-52-56-60-64-75-69(74)63-59-55-51-47-43-39-35-20-18-16-14-12-10-8-6-4-2/h21,23,66-67,71-72H,3-20,22,24-65H2,1-2H3,(H,70,73)/b23-21-. The molecule has 0 heterocycles. The second kappa shape index (κ2) is 65.1. The predicted molar refractivity (Wildman–Crippen MR) is 329 cm³/mol. The molecule has 6 nitrogen and oxygen atoms in total. The number of aliphatic hydroxyl groups excluding tert-OH is 2. The SMILES string of the molecule is CCCCCCCCCCCCCCCCCCC(=O)OCCCCCCCCCCCCCC/C=C\CCCCCCCCCCCCC(=O)NC(CO)C(O)CCCCCCCCCCCCCCCCCC. The van der Waals surface area contributed by atoms with Gasteiger partial charge < -0.3 is 20.3 Å². The fraction of sp³-hybridized carbons (Fsp3) is 0.942. The van der Waals surface area contributed by atoms with E-state index in [1.807, 2.05) is 0 Å². The number of esters is 1. The first kappa shape index (κ1) is 73.6. The van der Waals surface area contributed by atoms with Gasteiger partial charge in [-0.25, -0.2) is 0 Å². The molecule has 75 heavy (non-hydrogen) atoms. The predicted octanol–water partition coefficient (Wildman–Crippen LogP) is 22.0. The molecular formula is C69H135NO5. The summed E-state index contributed by atoms with van der Waals surface area (Å²) in [6.07, 6.45) is 79.6. The average molecular weight is 1060 g/mol. The lowest BCUT2D eigenvalue weighted by atomic mass is 10.0. The molecule has 0 saturated heterocycles. The van der Waals surface area contributed by atoms with Crippen LogP contribution >= 0.6 is 0 Å². The number of carbonyl (C=O) groups is 2. The van der Waals surface area contributed by atoms with Gasteiger partial charge in [-0.2, -0.15) is 0 Å². The topological polar surface area (TPSA) is 95.9 Å². The van der Waals surface area contributed by atoms with Crippen molar-refractivity contribution in [2.24, 2.45) is 0 Å². The van der Waals surface area contributed by atoms with Crippen LogP contribution in [0.4, 0.5) is 0 Å². The molecule has 0 rings (SSSR count). The summed E-state index contributed by atoms with van der Waals surface area (Å²) in [5.74, 6) is -0.0146. The molecule has 446 valence electrons. The zero-order chi connectivity index (χ0) is 54.3. The summed E-state index contributed by atoms with van der Waals surface area (Å²) in [5, 5.41) is 23.3. The smallest absolute Gasteiger partial charge is 0.305 e. The van der Waals surface area contributed by atoms with Crippen LogP contribution in [0.2, 0.25) is 0 Å². The van der Waals surface area contributed by atoms with Crippen LogP contribution in [0.5, 0.6) is 0 Å². The summed E-state index contributed by atoms with van der Waals surface area (Å²) in [5.41, 5.74) is 0. The van der Waals surface area contributed by atoms with Crippen LogP contribution in [0.1, 0.15) is 393 Å². The molecule has 3 N–H and O–H groups in total. The van der Waals surface area contributed by atoms with Crippen molar-refractivity contribution in [3.63, 3.8) is 0 Å². The maximum Gasteiger partial charge on any atom is 0.305 e. The van der Waals surface area contributed by atoms with E-state index in [0.717, 1.165) is 38.5 Å². The Bertz CT molecular complexity index is 1130. The number of aliphatic hydroxyl groups is 2. The van der Waals surface area contributed by atoms with Gasteiger partial charge in [0.15, 0.2) is 0 Å². The van der Waals surface area contributed by atoms with Crippen LogP contribution in [0.25, 0.3) is 0 Å². The summed E-state index contributed by atoms with van der Waals surface area (Å²) in [6.45, 7) is 4.99. The Morgan fingerprint density at radius 3 is 0.947 bits per heavy atom. The van der Waals surface area contributed by atoms with E-state index in [1.54, 1.807) is 0 Å². The lowest BCUT2D eigenvalue weighted by Gasteiger charge is -2.22. The molecule has 0 aromatic carbocycles. The maximum absolute atomic E-state index is 12.5. The fourth-order valence-corrected chi connectivity index (χ4v) is 11.1. The van der Waals surface area contributed by atoms with Gasteiger partial charge >= 0.3 is 5.97 Å². The monoisotopic (exact) mass is 1060 g/mol. The summed E-state index contributed by atoms with van der Waals surface area (Å²) in [6, 6.07) is -0.542. The molecule has 0 aliphatic rings. The maximum atomic E-state index is 12.5. The molecule has 1 amide bonds. The van der Waals surface area contributed by atoms with E-state index in [9.17, 15) is 19.8 Å². The number of rotatable bonds is 65. The minimum Gasteiger partial charge on any atom is -0.466 e. The third kappa shape index (κ3) is 61.7. The van der Waals surface area contributed by atoms with Crippen LogP contribution in [0, 0.1) is 0 Å². The zero-order valence-corrected chi connectivity index (χ0v) is 51.1. The summed E-state index contributed by atoms with van der Waals surface area (Å²) < 4.78 is 5.50. The molecule has 0 spiro atoms. The summed E-state index contributed by atoms with van der Waals surface area (Å²) in [7, 11) is 0. The van der Waals surface area contributed by atoms with E-state index in [0.29, 0.717) is 25.9 Å². The molecule has 0 aliphatic carbocycles. The van der Waals surface area contributed by atoms with Crippen LogP contribution in [-0.4, -0.2) is 47.4 Å². The van der Waals surface area contributed by atoms with Gasteiger partial charge in [-0.15, -0.1) is 0 Å². The van der Waals surface area contributed by atoms with E-state index < -0.39 is 12.1 Å². The first-order valence-electron chi connectivity index (χ1n) is 34.4. The highest BCUT2D eigenvalue weighted by atomic mass is 16.5.